The van der Waals surface area contributed by atoms with E-state index < -0.39 is 0 Å². The number of carbonyl (C=O) groups excluding carboxylic acids is 1. The fourth-order valence-corrected chi connectivity index (χ4v) is 2.88. The number of ether oxygens (including phenoxy) is 1. The Morgan fingerprint density at radius 3 is 3.24 bits per heavy atom. The fourth-order valence-electron chi connectivity index (χ4n) is 2.20. The lowest BCUT2D eigenvalue weighted by Gasteiger charge is -2.31. The third-order valence-corrected chi connectivity index (χ3v) is 4.01. The highest BCUT2D eigenvalue weighted by Gasteiger charge is 2.25. The van der Waals surface area contributed by atoms with Gasteiger partial charge in [-0.1, -0.05) is 5.16 Å². The molecule has 1 aliphatic rings. The molecule has 0 spiro atoms. The van der Waals surface area contributed by atoms with E-state index in [-0.39, 0.29) is 12.0 Å². The van der Waals surface area contributed by atoms with E-state index >= 15 is 0 Å². The van der Waals surface area contributed by atoms with E-state index in [2.05, 4.69) is 20.4 Å². The number of nitrogens with zero attached hydrogens (tertiary/aromatic N) is 3. The number of nitrogens with one attached hydrogen (secondary N) is 1. The van der Waals surface area contributed by atoms with E-state index in [1.54, 1.807) is 30.5 Å². The van der Waals surface area contributed by atoms with Gasteiger partial charge in [-0.2, -0.15) is 0 Å². The third kappa shape index (κ3) is 3.66. The molecule has 0 radical (unpaired) electrons. The molecule has 1 N–H and O–H groups in total. The van der Waals surface area contributed by atoms with Gasteiger partial charge in [0.2, 0.25) is 5.91 Å². The lowest BCUT2D eigenvalue weighted by atomic mass is 10.3. The zero-order chi connectivity index (χ0) is 14.7. The van der Waals surface area contributed by atoms with Gasteiger partial charge in [-0.15, -0.1) is 11.3 Å². The maximum absolute atomic E-state index is 12.0. The molecule has 7 nitrogen and oxygen atoms in total. The topological polar surface area (TPSA) is 80.5 Å². The summed E-state index contributed by atoms with van der Waals surface area (Å²) in [4.78, 5) is 18.3. The zero-order valence-corrected chi connectivity index (χ0v) is 12.4. The van der Waals surface area contributed by atoms with Gasteiger partial charge in [-0.05, 0) is 6.92 Å². The summed E-state index contributed by atoms with van der Waals surface area (Å²) in [6.45, 7) is 4.08. The van der Waals surface area contributed by atoms with Crippen molar-refractivity contribution in [2.45, 2.75) is 13.0 Å². The molecule has 3 heterocycles. The lowest BCUT2D eigenvalue weighted by Crippen LogP contribution is -2.42. The number of amides is 1. The van der Waals surface area contributed by atoms with Crippen molar-refractivity contribution in [2.75, 3.05) is 31.6 Å². The van der Waals surface area contributed by atoms with Crippen molar-refractivity contribution in [2.24, 2.45) is 0 Å². The molecular formula is C13H16N4O3S. The minimum absolute atomic E-state index is 0.0548. The summed E-state index contributed by atoms with van der Waals surface area (Å²) in [5, 5.41) is 9.35. The summed E-state index contributed by atoms with van der Waals surface area (Å²) in [6.07, 6.45) is 1.71. The molecule has 1 aliphatic heterocycles. The van der Waals surface area contributed by atoms with E-state index in [0.717, 1.165) is 11.6 Å². The highest BCUT2D eigenvalue weighted by molar-refractivity contribution is 7.09. The Kier molecular flexibility index (Phi) is 4.28. The fraction of sp³-hybridized carbons (Fsp3) is 0.462. The van der Waals surface area contributed by atoms with Gasteiger partial charge in [0.15, 0.2) is 5.82 Å². The monoisotopic (exact) mass is 308 g/mol. The number of anilines is 1. The van der Waals surface area contributed by atoms with Gasteiger partial charge in [0.25, 0.3) is 0 Å². The molecule has 1 unspecified atom stereocenters. The number of rotatable bonds is 4. The summed E-state index contributed by atoms with van der Waals surface area (Å²) in [5.41, 5.74) is 0. The SMILES string of the molecule is Cc1cc(NC(=O)CN2CCOC(c3nccs3)C2)no1. The molecular weight excluding hydrogens is 292 g/mol. The van der Waals surface area contributed by atoms with Crippen LogP contribution in [0.4, 0.5) is 5.82 Å². The second kappa shape index (κ2) is 6.33. The van der Waals surface area contributed by atoms with Crippen LogP contribution < -0.4 is 5.32 Å². The summed E-state index contributed by atoms with van der Waals surface area (Å²) in [7, 11) is 0. The predicted octanol–water partition coefficient (Wildman–Crippen LogP) is 1.45. The molecule has 0 bridgehead atoms. The summed E-state index contributed by atoms with van der Waals surface area (Å²) < 4.78 is 10.6. The number of morpholine rings is 1. The number of thiazole rings is 1. The van der Waals surface area contributed by atoms with Crippen LogP contribution in [0.1, 0.15) is 16.9 Å². The average Bonchev–Trinajstić information content (AvgIpc) is 3.11. The number of aromatic nitrogens is 2. The van der Waals surface area contributed by atoms with Crippen molar-refractivity contribution < 1.29 is 14.1 Å². The normalized spacial score (nSPS) is 19.6. The van der Waals surface area contributed by atoms with E-state index in [1.165, 1.54) is 0 Å². The van der Waals surface area contributed by atoms with Crippen molar-refractivity contribution >= 4 is 23.1 Å². The number of hydrogen-bond acceptors (Lipinski definition) is 7. The number of aryl methyl sites for hydroxylation is 1. The first-order valence-electron chi connectivity index (χ1n) is 6.67. The molecule has 1 fully saturated rings. The van der Waals surface area contributed by atoms with Crippen LogP contribution in [0.3, 0.4) is 0 Å². The average molecular weight is 308 g/mol. The molecule has 3 rings (SSSR count). The van der Waals surface area contributed by atoms with Crippen molar-refractivity contribution in [3.8, 4) is 0 Å². The highest BCUT2D eigenvalue weighted by Crippen LogP contribution is 2.23. The van der Waals surface area contributed by atoms with Crippen LogP contribution in [0.2, 0.25) is 0 Å². The molecule has 0 aromatic carbocycles. The summed E-state index contributed by atoms with van der Waals surface area (Å²) in [5.74, 6) is 1.01. The smallest absolute Gasteiger partial charge is 0.239 e. The van der Waals surface area contributed by atoms with E-state index in [4.69, 9.17) is 9.26 Å². The lowest BCUT2D eigenvalue weighted by molar-refractivity contribution is -0.119. The molecule has 21 heavy (non-hydrogen) atoms. The zero-order valence-electron chi connectivity index (χ0n) is 11.6. The van der Waals surface area contributed by atoms with Crippen LogP contribution in [0.15, 0.2) is 22.2 Å². The van der Waals surface area contributed by atoms with Crippen molar-refractivity contribution in [1.29, 1.82) is 0 Å². The molecule has 2 aromatic heterocycles. The molecule has 1 atom stereocenters. The van der Waals surface area contributed by atoms with Crippen LogP contribution in [0, 0.1) is 6.92 Å². The molecule has 1 saturated heterocycles. The van der Waals surface area contributed by atoms with Crippen LogP contribution in [-0.2, 0) is 9.53 Å². The summed E-state index contributed by atoms with van der Waals surface area (Å²) in [6, 6.07) is 1.69. The standard InChI is InChI=1S/C13H16N4O3S/c1-9-6-11(16-20-9)15-12(18)8-17-3-4-19-10(7-17)13-14-2-5-21-13/h2,5-6,10H,3-4,7-8H2,1H3,(H,15,16,18). The first-order valence-corrected chi connectivity index (χ1v) is 7.55. The third-order valence-electron chi connectivity index (χ3n) is 3.14. The molecule has 1 amide bonds. The van der Waals surface area contributed by atoms with Gasteiger partial charge in [0.1, 0.15) is 16.9 Å². The van der Waals surface area contributed by atoms with E-state index in [1.807, 2.05) is 5.38 Å². The molecule has 8 heteroatoms. The van der Waals surface area contributed by atoms with Gasteiger partial charge >= 0.3 is 0 Å². The number of hydrogen-bond donors (Lipinski definition) is 1. The van der Waals surface area contributed by atoms with Crippen molar-refractivity contribution in [3.05, 3.63) is 28.4 Å². The maximum Gasteiger partial charge on any atom is 0.239 e. The molecule has 112 valence electrons. The highest BCUT2D eigenvalue weighted by atomic mass is 32.1. The summed E-state index contributed by atoms with van der Waals surface area (Å²) >= 11 is 1.57. The van der Waals surface area contributed by atoms with Crippen LogP contribution in [-0.4, -0.2) is 47.2 Å². The van der Waals surface area contributed by atoms with Crippen LogP contribution in [0.5, 0.6) is 0 Å². The minimum atomic E-state index is -0.108. The Morgan fingerprint density at radius 2 is 2.52 bits per heavy atom. The Labute approximate surface area is 125 Å². The number of carbonyl (C=O) groups is 1. The largest absolute Gasteiger partial charge is 0.368 e. The minimum Gasteiger partial charge on any atom is -0.368 e. The van der Waals surface area contributed by atoms with Gasteiger partial charge in [0.05, 0.1) is 13.2 Å². The Morgan fingerprint density at radius 1 is 1.62 bits per heavy atom. The van der Waals surface area contributed by atoms with Crippen molar-refractivity contribution in [3.63, 3.8) is 0 Å². The maximum atomic E-state index is 12.0. The molecule has 0 saturated carbocycles. The molecule has 2 aromatic rings. The first kappa shape index (κ1) is 14.2. The van der Waals surface area contributed by atoms with Gasteiger partial charge in [-0.3, -0.25) is 9.69 Å². The second-order valence-corrected chi connectivity index (χ2v) is 5.76. The van der Waals surface area contributed by atoms with Gasteiger partial charge in [-0.25, -0.2) is 4.98 Å². The second-order valence-electron chi connectivity index (χ2n) is 4.84. The van der Waals surface area contributed by atoms with Crippen molar-refractivity contribution in [1.82, 2.24) is 15.0 Å². The Bertz CT molecular complexity index is 598. The Balaban J connectivity index is 1.53. The van der Waals surface area contributed by atoms with Crippen LogP contribution in [0.25, 0.3) is 0 Å². The quantitative estimate of drug-likeness (QED) is 0.921. The predicted molar refractivity (Wildman–Crippen MR) is 77.1 cm³/mol. The molecule has 0 aliphatic carbocycles. The first-order chi connectivity index (χ1) is 10.2. The van der Waals surface area contributed by atoms with Crippen LogP contribution >= 0.6 is 11.3 Å². The van der Waals surface area contributed by atoms with E-state index in [0.29, 0.717) is 31.3 Å². The Hall–Kier alpha value is -1.77. The van der Waals surface area contributed by atoms with Gasteiger partial charge < -0.3 is 14.6 Å². The van der Waals surface area contributed by atoms with E-state index in [9.17, 15) is 4.79 Å². The van der Waals surface area contributed by atoms with Gasteiger partial charge in [0, 0.05) is 30.7 Å².